The van der Waals surface area contributed by atoms with E-state index in [1.807, 2.05) is 25.1 Å². The molecule has 1 unspecified atom stereocenters. The van der Waals surface area contributed by atoms with Crippen LogP contribution >= 0.6 is 0 Å². The van der Waals surface area contributed by atoms with Crippen LogP contribution in [-0.2, 0) is 10.0 Å². The van der Waals surface area contributed by atoms with Crippen molar-refractivity contribution in [2.45, 2.75) is 39.5 Å². The van der Waals surface area contributed by atoms with Crippen LogP contribution in [-0.4, -0.2) is 34.9 Å². The number of methoxy groups -OCH3 is 2. The highest BCUT2D eigenvalue weighted by atomic mass is 32.2. The maximum Gasteiger partial charge on any atom is 0.211 e. The minimum atomic E-state index is -3.21. The number of ether oxygens (including phenoxy) is 2. The number of sulfonamides is 1. The molecule has 1 aromatic carbocycles. The Morgan fingerprint density at radius 2 is 1.78 bits per heavy atom. The van der Waals surface area contributed by atoms with E-state index in [1.165, 1.54) is 0 Å². The Morgan fingerprint density at radius 1 is 1.13 bits per heavy atom. The Morgan fingerprint density at radius 3 is 2.30 bits per heavy atom. The van der Waals surface area contributed by atoms with Crippen LogP contribution in [0.2, 0.25) is 0 Å². The minimum absolute atomic E-state index is 0.0752. The molecule has 0 aliphatic rings. The van der Waals surface area contributed by atoms with Crippen molar-refractivity contribution in [2.24, 2.45) is 5.92 Å². The van der Waals surface area contributed by atoms with Crippen molar-refractivity contribution in [3.8, 4) is 11.5 Å². The van der Waals surface area contributed by atoms with Gasteiger partial charge in [-0.2, -0.15) is 0 Å². The van der Waals surface area contributed by atoms with Crippen molar-refractivity contribution >= 4 is 10.0 Å². The summed E-state index contributed by atoms with van der Waals surface area (Å²) in [4.78, 5) is 0. The van der Waals surface area contributed by atoms with Crippen molar-refractivity contribution in [3.63, 3.8) is 0 Å². The topological polar surface area (TPSA) is 64.6 Å². The molecule has 0 aliphatic heterocycles. The number of rotatable bonds is 10. The molecule has 5 nitrogen and oxygen atoms in total. The highest BCUT2D eigenvalue weighted by molar-refractivity contribution is 7.89. The van der Waals surface area contributed by atoms with Crippen molar-refractivity contribution in [2.75, 3.05) is 26.5 Å². The van der Waals surface area contributed by atoms with Gasteiger partial charge in [-0.15, -0.1) is 0 Å². The highest BCUT2D eigenvalue weighted by Gasteiger charge is 2.20. The standard InChI is InChI=1S/C17H29NO4S/c1-6-7-10-23(19,20)18-12-15(13(2)3)14-8-9-16(21-4)17(11-14)22-5/h8-9,11,13,15,18H,6-7,10,12H2,1-5H3. The molecule has 1 atom stereocenters. The van der Waals surface area contributed by atoms with E-state index in [1.54, 1.807) is 14.2 Å². The summed E-state index contributed by atoms with van der Waals surface area (Å²) in [6, 6.07) is 5.74. The fourth-order valence-corrected chi connectivity index (χ4v) is 3.69. The Balaban J connectivity index is 2.91. The monoisotopic (exact) mass is 343 g/mol. The molecule has 1 rings (SSSR count). The Bertz CT molecular complexity index is 584. The van der Waals surface area contributed by atoms with E-state index < -0.39 is 10.0 Å². The molecule has 0 radical (unpaired) electrons. The van der Waals surface area contributed by atoms with Crippen molar-refractivity contribution in [1.82, 2.24) is 4.72 Å². The lowest BCUT2D eigenvalue weighted by Gasteiger charge is -2.23. The molecule has 1 aromatic rings. The lowest BCUT2D eigenvalue weighted by molar-refractivity contribution is 0.353. The van der Waals surface area contributed by atoms with E-state index in [0.29, 0.717) is 30.4 Å². The Labute approximate surface area is 140 Å². The van der Waals surface area contributed by atoms with Crippen LogP contribution in [0.1, 0.15) is 45.1 Å². The van der Waals surface area contributed by atoms with Crippen LogP contribution in [0.4, 0.5) is 0 Å². The fraction of sp³-hybridized carbons (Fsp3) is 0.647. The molecule has 0 bridgehead atoms. The van der Waals surface area contributed by atoms with Crippen molar-refractivity contribution in [1.29, 1.82) is 0 Å². The molecule has 0 amide bonds. The molecule has 0 heterocycles. The van der Waals surface area contributed by atoms with Crippen LogP contribution in [0.3, 0.4) is 0 Å². The van der Waals surface area contributed by atoms with Gasteiger partial charge < -0.3 is 9.47 Å². The van der Waals surface area contributed by atoms with Crippen molar-refractivity contribution < 1.29 is 17.9 Å². The fourth-order valence-electron chi connectivity index (χ4n) is 2.45. The van der Waals surface area contributed by atoms with Crippen LogP contribution in [0.25, 0.3) is 0 Å². The summed E-state index contributed by atoms with van der Waals surface area (Å²) < 4.78 is 37.4. The van der Waals surface area contributed by atoms with Gasteiger partial charge in [0.2, 0.25) is 10.0 Å². The smallest absolute Gasteiger partial charge is 0.211 e. The summed E-state index contributed by atoms with van der Waals surface area (Å²) >= 11 is 0. The summed E-state index contributed by atoms with van der Waals surface area (Å²) in [6.45, 7) is 6.54. The normalized spacial score (nSPS) is 13.1. The third kappa shape index (κ3) is 6.03. The molecule has 6 heteroatoms. The van der Waals surface area contributed by atoms with Gasteiger partial charge in [0.25, 0.3) is 0 Å². The van der Waals surface area contributed by atoms with E-state index in [-0.39, 0.29) is 11.7 Å². The molecule has 0 aliphatic carbocycles. The van der Waals surface area contributed by atoms with Gasteiger partial charge in [0.05, 0.1) is 20.0 Å². The van der Waals surface area contributed by atoms with Gasteiger partial charge in [0.15, 0.2) is 11.5 Å². The second-order valence-electron chi connectivity index (χ2n) is 5.99. The first-order chi connectivity index (χ1) is 10.8. The van der Waals surface area contributed by atoms with Gasteiger partial charge in [-0.25, -0.2) is 13.1 Å². The van der Waals surface area contributed by atoms with Gasteiger partial charge in [0.1, 0.15) is 0 Å². The van der Waals surface area contributed by atoms with Gasteiger partial charge >= 0.3 is 0 Å². The van der Waals surface area contributed by atoms with Crippen LogP contribution in [0, 0.1) is 5.92 Å². The van der Waals surface area contributed by atoms with Crippen molar-refractivity contribution in [3.05, 3.63) is 23.8 Å². The third-order valence-corrected chi connectivity index (χ3v) is 5.36. The molecular weight excluding hydrogens is 314 g/mol. The average Bonchev–Trinajstić information content (AvgIpc) is 2.52. The first-order valence-corrected chi connectivity index (χ1v) is 9.69. The summed E-state index contributed by atoms with van der Waals surface area (Å²) in [5, 5.41) is 0. The summed E-state index contributed by atoms with van der Waals surface area (Å²) in [5.74, 6) is 1.88. The number of benzene rings is 1. The van der Waals surface area contributed by atoms with E-state index in [4.69, 9.17) is 9.47 Å². The summed E-state index contributed by atoms with van der Waals surface area (Å²) in [5.41, 5.74) is 1.04. The molecule has 0 aromatic heterocycles. The highest BCUT2D eigenvalue weighted by Crippen LogP contribution is 2.33. The average molecular weight is 343 g/mol. The second kappa shape index (κ2) is 9.13. The van der Waals surface area contributed by atoms with Gasteiger partial charge in [-0.05, 0) is 36.0 Å². The Kier molecular flexibility index (Phi) is 7.85. The SMILES string of the molecule is CCCCS(=O)(=O)NCC(c1ccc(OC)c(OC)c1)C(C)C. The molecule has 23 heavy (non-hydrogen) atoms. The molecular formula is C17H29NO4S. The lowest BCUT2D eigenvalue weighted by Crippen LogP contribution is -2.32. The van der Waals surface area contributed by atoms with E-state index in [0.717, 1.165) is 12.0 Å². The zero-order chi connectivity index (χ0) is 17.5. The number of nitrogens with one attached hydrogen (secondary N) is 1. The van der Waals surface area contributed by atoms with E-state index in [9.17, 15) is 8.42 Å². The predicted octanol–water partition coefficient (Wildman–Crippen LogP) is 3.16. The van der Waals surface area contributed by atoms with E-state index >= 15 is 0 Å². The molecule has 0 fully saturated rings. The molecule has 0 saturated heterocycles. The van der Waals surface area contributed by atoms with Crippen LogP contribution < -0.4 is 14.2 Å². The molecule has 0 saturated carbocycles. The maximum atomic E-state index is 12.0. The molecule has 0 spiro atoms. The second-order valence-corrected chi connectivity index (χ2v) is 7.91. The van der Waals surface area contributed by atoms with E-state index in [2.05, 4.69) is 18.6 Å². The zero-order valence-corrected chi connectivity index (χ0v) is 15.6. The van der Waals surface area contributed by atoms with Gasteiger partial charge in [0, 0.05) is 6.54 Å². The first-order valence-electron chi connectivity index (χ1n) is 8.03. The molecule has 1 N–H and O–H groups in total. The third-order valence-electron chi connectivity index (χ3n) is 3.93. The van der Waals surface area contributed by atoms with Gasteiger partial charge in [-0.3, -0.25) is 0 Å². The Hall–Kier alpha value is -1.27. The maximum absolute atomic E-state index is 12.0. The largest absolute Gasteiger partial charge is 0.493 e. The first kappa shape index (κ1) is 19.8. The molecule has 132 valence electrons. The predicted molar refractivity (Wildman–Crippen MR) is 93.8 cm³/mol. The number of unbranched alkanes of at least 4 members (excludes halogenated alkanes) is 1. The number of hydrogen-bond acceptors (Lipinski definition) is 4. The van der Waals surface area contributed by atoms with Crippen LogP contribution in [0.5, 0.6) is 11.5 Å². The zero-order valence-electron chi connectivity index (χ0n) is 14.8. The number of hydrogen-bond donors (Lipinski definition) is 1. The lowest BCUT2D eigenvalue weighted by atomic mass is 9.88. The van der Waals surface area contributed by atoms with Gasteiger partial charge in [-0.1, -0.05) is 33.3 Å². The van der Waals surface area contributed by atoms with Crippen LogP contribution in [0.15, 0.2) is 18.2 Å². The summed E-state index contributed by atoms with van der Waals surface area (Å²) in [6.07, 6.45) is 1.54. The summed E-state index contributed by atoms with van der Waals surface area (Å²) in [7, 11) is -0.0215. The minimum Gasteiger partial charge on any atom is -0.493 e. The quantitative estimate of drug-likeness (QED) is 0.709.